The first-order valence-corrected chi connectivity index (χ1v) is 7.64. The summed E-state index contributed by atoms with van der Waals surface area (Å²) < 4.78 is 1.68. The highest BCUT2D eigenvalue weighted by atomic mass is 16.3. The Morgan fingerprint density at radius 3 is 2.59 bits per heavy atom. The van der Waals surface area contributed by atoms with Crippen molar-refractivity contribution in [1.29, 1.82) is 0 Å². The number of hydrogen-bond donors (Lipinski definition) is 2. The topological polar surface area (TPSA) is 63.0 Å². The molecule has 0 spiro atoms. The second-order valence-corrected chi connectivity index (χ2v) is 6.34. The largest absolute Gasteiger partial charge is 0.389 e. The lowest BCUT2D eigenvalue weighted by Crippen LogP contribution is -2.26. The van der Waals surface area contributed by atoms with Crippen LogP contribution >= 0.6 is 0 Å². The Bertz CT molecular complexity index is 665. The number of aliphatic hydroxyl groups is 1. The normalized spacial score (nSPS) is 15.7. The highest BCUT2D eigenvalue weighted by Gasteiger charge is 2.15. The Hall–Kier alpha value is -1.98. The fraction of sp³-hybridized carbons (Fsp3) is 0.412. The molecule has 0 atom stereocenters. The fourth-order valence-corrected chi connectivity index (χ4v) is 2.62. The summed E-state index contributed by atoms with van der Waals surface area (Å²) in [7, 11) is 0. The smallest absolute Gasteiger partial charge is 0.181 e. The Morgan fingerprint density at radius 2 is 1.95 bits per heavy atom. The van der Waals surface area contributed by atoms with Gasteiger partial charge in [0.1, 0.15) is 6.33 Å². The minimum absolute atomic E-state index is 0.429. The molecule has 116 valence electrons. The van der Waals surface area contributed by atoms with Gasteiger partial charge in [-0.25, -0.2) is 9.67 Å². The van der Waals surface area contributed by atoms with E-state index in [2.05, 4.69) is 45.7 Å². The van der Waals surface area contributed by atoms with Gasteiger partial charge < -0.3 is 10.4 Å². The van der Waals surface area contributed by atoms with E-state index in [9.17, 15) is 5.11 Å². The quantitative estimate of drug-likeness (QED) is 0.907. The van der Waals surface area contributed by atoms with Gasteiger partial charge in [0.05, 0.1) is 12.1 Å². The van der Waals surface area contributed by atoms with Crippen molar-refractivity contribution in [2.75, 3.05) is 13.1 Å². The van der Waals surface area contributed by atoms with Crippen molar-refractivity contribution in [3.63, 3.8) is 0 Å². The molecule has 3 rings (SSSR count). The monoisotopic (exact) mass is 298 g/mol. The zero-order valence-corrected chi connectivity index (χ0v) is 13.1. The van der Waals surface area contributed by atoms with Crippen molar-refractivity contribution < 1.29 is 5.11 Å². The van der Waals surface area contributed by atoms with Gasteiger partial charge in [-0.05, 0) is 37.9 Å². The highest BCUT2D eigenvalue weighted by Crippen LogP contribution is 2.23. The average Bonchev–Trinajstić information content (AvgIpc) is 2.95. The Kier molecular flexibility index (Phi) is 4.09. The van der Waals surface area contributed by atoms with Gasteiger partial charge in [0, 0.05) is 12.1 Å². The molecule has 1 aromatic heterocycles. The number of hydrogen-bond acceptors (Lipinski definition) is 4. The molecule has 22 heavy (non-hydrogen) atoms. The molecule has 5 heteroatoms. The molecule has 0 saturated heterocycles. The van der Waals surface area contributed by atoms with Crippen molar-refractivity contribution in [3.8, 4) is 11.4 Å². The molecule has 1 aliphatic rings. The summed E-state index contributed by atoms with van der Waals surface area (Å²) in [6.45, 7) is 5.93. The molecular weight excluding hydrogens is 276 g/mol. The van der Waals surface area contributed by atoms with Crippen molar-refractivity contribution >= 4 is 5.57 Å². The van der Waals surface area contributed by atoms with Crippen LogP contribution in [-0.4, -0.2) is 38.6 Å². The maximum atomic E-state index is 9.83. The molecule has 0 radical (unpaired) electrons. The third kappa shape index (κ3) is 3.61. The van der Waals surface area contributed by atoms with Crippen LogP contribution in [0.1, 0.15) is 25.8 Å². The fourth-order valence-electron chi connectivity index (χ4n) is 2.62. The summed E-state index contributed by atoms with van der Waals surface area (Å²) >= 11 is 0. The lowest BCUT2D eigenvalue weighted by Gasteiger charge is -2.15. The number of nitrogens with one attached hydrogen (secondary N) is 1. The van der Waals surface area contributed by atoms with Crippen LogP contribution in [0.25, 0.3) is 17.0 Å². The third-order valence-corrected chi connectivity index (χ3v) is 3.66. The van der Waals surface area contributed by atoms with Gasteiger partial charge >= 0.3 is 0 Å². The maximum Gasteiger partial charge on any atom is 0.181 e. The third-order valence-electron chi connectivity index (χ3n) is 3.66. The Morgan fingerprint density at radius 1 is 1.23 bits per heavy atom. The summed E-state index contributed by atoms with van der Waals surface area (Å²) in [6.07, 6.45) is 4.98. The molecule has 1 aliphatic heterocycles. The van der Waals surface area contributed by atoms with Gasteiger partial charge in [0.15, 0.2) is 5.82 Å². The van der Waals surface area contributed by atoms with E-state index >= 15 is 0 Å². The maximum absolute atomic E-state index is 9.83. The Balaban J connectivity index is 1.77. The van der Waals surface area contributed by atoms with Crippen LogP contribution in [0.3, 0.4) is 0 Å². The van der Waals surface area contributed by atoms with Crippen LogP contribution in [0.4, 0.5) is 0 Å². The van der Waals surface area contributed by atoms with Crippen molar-refractivity contribution in [2.45, 2.75) is 32.4 Å². The standard InChI is InChI=1S/C17H22N4O/c1-17(2,22)11-21-12-19-16(20-21)15-5-3-13(4-6-15)14-7-9-18-10-8-14/h3-7,12,18,22H,8-11H2,1-2H3. The predicted octanol–water partition coefficient (Wildman–Crippen LogP) is 2.09. The van der Waals surface area contributed by atoms with E-state index in [0.717, 1.165) is 25.1 Å². The van der Waals surface area contributed by atoms with Crippen LogP contribution in [0, 0.1) is 0 Å². The minimum Gasteiger partial charge on any atom is -0.389 e. The van der Waals surface area contributed by atoms with Gasteiger partial charge in [-0.15, -0.1) is 0 Å². The zero-order chi connectivity index (χ0) is 15.6. The summed E-state index contributed by atoms with van der Waals surface area (Å²) in [4.78, 5) is 4.33. The van der Waals surface area contributed by atoms with E-state index in [-0.39, 0.29) is 0 Å². The molecule has 0 unspecified atom stereocenters. The molecule has 2 N–H and O–H groups in total. The Labute approximate surface area is 130 Å². The van der Waals surface area contributed by atoms with Crippen molar-refractivity contribution in [2.24, 2.45) is 0 Å². The van der Waals surface area contributed by atoms with E-state index in [0.29, 0.717) is 12.4 Å². The summed E-state index contributed by atoms with van der Waals surface area (Å²) in [6, 6.07) is 8.37. The van der Waals surface area contributed by atoms with Crippen molar-refractivity contribution in [3.05, 3.63) is 42.2 Å². The van der Waals surface area contributed by atoms with Gasteiger partial charge in [-0.1, -0.05) is 30.3 Å². The van der Waals surface area contributed by atoms with Crippen LogP contribution < -0.4 is 5.32 Å². The minimum atomic E-state index is -0.795. The lowest BCUT2D eigenvalue weighted by atomic mass is 9.99. The first kappa shape index (κ1) is 14.9. The van der Waals surface area contributed by atoms with E-state index in [1.165, 1.54) is 11.1 Å². The predicted molar refractivity (Wildman–Crippen MR) is 87.2 cm³/mol. The molecule has 2 heterocycles. The van der Waals surface area contributed by atoms with E-state index in [1.54, 1.807) is 24.9 Å². The first-order valence-electron chi connectivity index (χ1n) is 7.64. The van der Waals surface area contributed by atoms with Gasteiger partial charge in [0.25, 0.3) is 0 Å². The molecule has 0 amide bonds. The SMILES string of the molecule is CC(C)(O)Cn1cnc(-c2ccc(C3=CCNCC3)cc2)n1. The van der Waals surface area contributed by atoms with Gasteiger partial charge in [-0.3, -0.25) is 0 Å². The van der Waals surface area contributed by atoms with E-state index in [1.807, 2.05) is 0 Å². The van der Waals surface area contributed by atoms with Crippen LogP contribution in [-0.2, 0) is 6.54 Å². The highest BCUT2D eigenvalue weighted by molar-refractivity contribution is 5.69. The van der Waals surface area contributed by atoms with Gasteiger partial charge in [-0.2, -0.15) is 5.10 Å². The summed E-state index contributed by atoms with van der Waals surface area (Å²) in [5, 5.41) is 17.6. The van der Waals surface area contributed by atoms with Crippen LogP contribution in [0.5, 0.6) is 0 Å². The number of aromatic nitrogens is 3. The number of rotatable bonds is 4. The second kappa shape index (κ2) is 6.02. The van der Waals surface area contributed by atoms with E-state index in [4.69, 9.17) is 0 Å². The molecular formula is C17H22N4O. The van der Waals surface area contributed by atoms with Crippen LogP contribution in [0.15, 0.2) is 36.7 Å². The molecule has 5 nitrogen and oxygen atoms in total. The molecule has 0 aliphatic carbocycles. The molecule has 0 bridgehead atoms. The van der Waals surface area contributed by atoms with Crippen LogP contribution in [0.2, 0.25) is 0 Å². The number of benzene rings is 1. The second-order valence-electron chi connectivity index (χ2n) is 6.34. The van der Waals surface area contributed by atoms with Gasteiger partial charge in [0.2, 0.25) is 0 Å². The lowest BCUT2D eigenvalue weighted by molar-refractivity contribution is 0.0577. The van der Waals surface area contributed by atoms with E-state index < -0.39 is 5.60 Å². The summed E-state index contributed by atoms with van der Waals surface area (Å²) in [5.74, 6) is 0.690. The van der Waals surface area contributed by atoms with Crippen molar-refractivity contribution in [1.82, 2.24) is 20.1 Å². The summed E-state index contributed by atoms with van der Waals surface area (Å²) in [5.41, 5.74) is 2.86. The molecule has 0 saturated carbocycles. The molecule has 0 fully saturated rings. The average molecular weight is 298 g/mol. The first-order chi connectivity index (χ1) is 10.5. The number of nitrogens with zero attached hydrogens (tertiary/aromatic N) is 3. The molecule has 2 aromatic rings. The molecule has 1 aromatic carbocycles. The zero-order valence-electron chi connectivity index (χ0n) is 13.1.